The number of amides is 1. The van der Waals surface area contributed by atoms with Crippen molar-refractivity contribution in [2.45, 2.75) is 0 Å². The fourth-order valence-electron chi connectivity index (χ4n) is 3.22. The fraction of sp³-hybridized carbons (Fsp3) is 0.200. The van der Waals surface area contributed by atoms with Crippen LogP contribution < -0.4 is 11.1 Å². The number of nitrogens with two attached hydrogens (primary N) is 1. The van der Waals surface area contributed by atoms with Crippen LogP contribution in [-0.2, 0) is 0 Å². The monoisotopic (exact) mass is 366 g/mol. The van der Waals surface area contributed by atoms with Crippen LogP contribution in [0.5, 0.6) is 0 Å². The Hall–Kier alpha value is -2.63. The molecular formula is C20H19ClN4O. The minimum Gasteiger partial charge on any atom is -0.399 e. The molecule has 0 spiro atoms. The van der Waals surface area contributed by atoms with Crippen LogP contribution in [0.2, 0.25) is 5.02 Å². The highest BCUT2D eigenvalue weighted by Gasteiger charge is 2.18. The number of anilines is 1. The second-order valence-corrected chi connectivity index (χ2v) is 6.80. The van der Waals surface area contributed by atoms with E-state index in [1.807, 2.05) is 53.4 Å². The number of nitrogens with zero attached hydrogens (tertiary/aromatic N) is 2. The van der Waals surface area contributed by atoms with E-state index in [0.717, 1.165) is 29.7 Å². The fourth-order valence-corrected chi connectivity index (χ4v) is 3.48. The third kappa shape index (κ3) is 3.23. The Morgan fingerprint density at radius 3 is 2.69 bits per heavy atom. The SMILES string of the molecule is Nc1cccc(-c2cc(Cl)c3ccc(C(=O)N4CCNCC4)cc3n2)c1. The normalized spacial score (nSPS) is 14.6. The average Bonchev–Trinajstić information content (AvgIpc) is 2.67. The molecule has 1 aromatic heterocycles. The summed E-state index contributed by atoms with van der Waals surface area (Å²) in [5, 5.41) is 4.69. The van der Waals surface area contributed by atoms with Gasteiger partial charge in [-0.05, 0) is 30.3 Å². The molecule has 3 N–H and O–H groups in total. The number of carbonyl (C=O) groups is 1. The van der Waals surface area contributed by atoms with Crippen LogP contribution in [-0.4, -0.2) is 42.0 Å². The van der Waals surface area contributed by atoms with Crippen LogP contribution >= 0.6 is 11.6 Å². The minimum absolute atomic E-state index is 0.0284. The zero-order valence-corrected chi connectivity index (χ0v) is 15.0. The summed E-state index contributed by atoms with van der Waals surface area (Å²) in [5.74, 6) is 0.0284. The summed E-state index contributed by atoms with van der Waals surface area (Å²) in [5.41, 5.74) is 9.52. The van der Waals surface area contributed by atoms with Gasteiger partial charge >= 0.3 is 0 Å². The summed E-state index contributed by atoms with van der Waals surface area (Å²) in [6.45, 7) is 3.08. The number of nitrogens with one attached hydrogen (secondary N) is 1. The van der Waals surface area contributed by atoms with Gasteiger partial charge in [0.15, 0.2) is 0 Å². The maximum Gasteiger partial charge on any atom is 0.254 e. The molecule has 1 amide bonds. The molecule has 6 heteroatoms. The van der Waals surface area contributed by atoms with E-state index in [1.54, 1.807) is 0 Å². The number of halogens is 1. The van der Waals surface area contributed by atoms with Crippen molar-refractivity contribution in [3.05, 3.63) is 59.1 Å². The van der Waals surface area contributed by atoms with Crippen molar-refractivity contribution in [3.63, 3.8) is 0 Å². The Balaban J connectivity index is 1.75. The quantitative estimate of drug-likeness (QED) is 0.683. The first kappa shape index (κ1) is 16.8. The first-order chi connectivity index (χ1) is 12.6. The molecular weight excluding hydrogens is 348 g/mol. The van der Waals surface area contributed by atoms with Gasteiger partial charge in [0.1, 0.15) is 0 Å². The number of carbonyl (C=O) groups excluding carboxylic acids is 1. The highest BCUT2D eigenvalue weighted by Crippen LogP contribution is 2.29. The van der Waals surface area contributed by atoms with E-state index in [2.05, 4.69) is 5.32 Å². The van der Waals surface area contributed by atoms with Crippen molar-refractivity contribution in [2.75, 3.05) is 31.9 Å². The number of hydrogen-bond acceptors (Lipinski definition) is 4. The van der Waals surface area contributed by atoms with E-state index in [1.165, 1.54) is 0 Å². The first-order valence-corrected chi connectivity index (χ1v) is 8.96. The van der Waals surface area contributed by atoms with Gasteiger partial charge in [-0.2, -0.15) is 0 Å². The summed E-state index contributed by atoms with van der Waals surface area (Å²) in [4.78, 5) is 19.3. The Bertz CT molecular complexity index is 983. The molecule has 5 nitrogen and oxygen atoms in total. The molecule has 3 aromatic rings. The molecule has 0 radical (unpaired) electrons. The zero-order chi connectivity index (χ0) is 18.1. The standard InChI is InChI=1S/C20H19ClN4O/c21-17-12-18(13-2-1-3-15(22)10-13)24-19-11-14(4-5-16(17)19)20(26)25-8-6-23-7-9-25/h1-5,10-12,23H,6-9,22H2. The molecule has 0 unspecified atom stereocenters. The van der Waals surface area contributed by atoms with Crippen LogP contribution in [0.1, 0.15) is 10.4 Å². The smallest absolute Gasteiger partial charge is 0.254 e. The van der Waals surface area contributed by atoms with E-state index in [-0.39, 0.29) is 5.91 Å². The van der Waals surface area contributed by atoms with Gasteiger partial charge in [0.2, 0.25) is 0 Å². The van der Waals surface area contributed by atoms with E-state index >= 15 is 0 Å². The number of rotatable bonds is 2. The lowest BCUT2D eigenvalue weighted by molar-refractivity contribution is 0.0736. The molecule has 0 aliphatic carbocycles. The first-order valence-electron chi connectivity index (χ1n) is 8.58. The van der Waals surface area contributed by atoms with Crippen molar-refractivity contribution in [3.8, 4) is 11.3 Å². The second kappa shape index (κ2) is 6.94. The van der Waals surface area contributed by atoms with Gasteiger partial charge in [-0.1, -0.05) is 29.8 Å². The van der Waals surface area contributed by atoms with Crippen LogP contribution in [0, 0.1) is 0 Å². The van der Waals surface area contributed by atoms with Gasteiger partial charge in [-0.15, -0.1) is 0 Å². The molecule has 0 saturated carbocycles. The third-order valence-electron chi connectivity index (χ3n) is 4.59. The van der Waals surface area contributed by atoms with Crippen LogP contribution in [0.3, 0.4) is 0 Å². The molecule has 0 bridgehead atoms. The number of pyridine rings is 1. The maximum absolute atomic E-state index is 12.7. The lowest BCUT2D eigenvalue weighted by Gasteiger charge is -2.27. The summed E-state index contributed by atoms with van der Waals surface area (Å²) in [6.07, 6.45) is 0. The summed E-state index contributed by atoms with van der Waals surface area (Å²) in [7, 11) is 0. The molecule has 1 saturated heterocycles. The molecule has 0 atom stereocenters. The van der Waals surface area contributed by atoms with Gasteiger partial charge in [-0.3, -0.25) is 4.79 Å². The lowest BCUT2D eigenvalue weighted by Crippen LogP contribution is -2.46. The molecule has 132 valence electrons. The van der Waals surface area contributed by atoms with Crippen molar-refractivity contribution < 1.29 is 4.79 Å². The van der Waals surface area contributed by atoms with Gasteiger partial charge in [-0.25, -0.2) is 4.98 Å². The van der Waals surface area contributed by atoms with Crippen molar-refractivity contribution in [1.82, 2.24) is 15.2 Å². The Morgan fingerprint density at radius 1 is 1.12 bits per heavy atom. The molecule has 4 rings (SSSR count). The van der Waals surface area contributed by atoms with E-state index in [0.29, 0.717) is 34.9 Å². The number of piperazine rings is 1. The van der Waals surface area contributed by atoms with Gasteiger partial charge in [0, 0.05) is 48.4 Å². The number of benzene rings is 2. The molecule has 1 aliphatic heterocycles. The lowest BCUT2D eigenvalue weighted by atomic mass is 10.1. The van der Waals surface area contributed by atoms with Crippen molar-refractivity contribution >= 4 is 34.1 Å². The summed E-state index contributed by atoms with van der Waals surface area (Å²) >= 11 is 6.46. The Morgan fingerprint density at radius 2 is 1.92 bits per heavy atom. The van der Waals surface area contributed by atoms with Crippen LogP contribution in [0.25, 0.3) is 22.2 Å². The maximum atomic E-state index is 12.7. The average molecular weight is 367 g/mol. The van der Waals surface area contributed by atoms with E-state index in [4.69, 9.17) is 22.3 Å². The molecule has 1 fully saturated rings. The molecule has 26 heavy (non-hydrogen) atoms. The van der Waals surface area contributed by atoms with Gasteiger partial charge in [0.05, 0.1) is 16.2 Å². The highest BCUT2D eigenvalue weighted by molar-refractivity contribution is 6.35. The largest absolute Gasteiger partial charge is 0.399 e. The number of nitrogen functional groups attached to an aromatic ring is 1. The number of aromatic nitrogens is 1. The number of hydrogen-bond donors (Lipinski definition) is 2. The van der Waals surface area contributed by atoms with Gasteiger partial charge < -0.3 is 16.0 Å². The van der Waals surface area contributed by atoms with E-state index < -0.39 is 0 Å². The predicted octanol–water partition coefficient (Wildman–Crippen LogP) is 3.18. The predicted molar refractivity (Wildman–Crippen MR) is 105 cm³/mol. The number of fused-ring (bicyclic) bond motifs is 1. The van der Waals surface area contributed by atoms with Crippen molar-refractivity contribution in [2.24, 2.45) is 0 Å². The van der Waals surface area contributed by atoms with E-state index in [9.17, 15) is 4.79 Å². The topological polar surface area (TPSA) is 71.2 Å². The molecule has 1 aliphatic rings. The Labute approximate surface area is 156 Å². The highest BCUT2D eigenvalue weighted by atomic mass is 35.5. The van der Waals surface area contributed by atoms with Gasteiger partial charge in [0.25, 0.3) is 5.91 Å². The third-order valence-corrected chi connectivity index (χ3v) is 4.91. The summed E-state index contributed by atoms with van der Waals surface area (Å²) < 4.78 is 0. The second-order valence-electron chi connectivity index (χ2n) is 6.39. The zero-order valence-electron chi connectivity index (χ0n) is 14.2. The summed E-state index contributed by atoms with van der Waals surface area (Å²) in [6, 6.07) is 14.9. The molecule has 2 heterocycles. The van der Waals surface area contributed by atoms with Crippen molar-refractivity contribution in [1.29, 1.82) is 0 Å². The van der Waals surface area contributed by atoms with Crippen LogP contribution in [0.4, 0.5) is 5.69 Å². The minimum atomic E-state index is 0.0284. The Kier molecular flexibility index (Phi) is 4.49. The van der Waals surface area contributed by atoms with Crippen LogP contribution in [0.15, 0.2) is 48.5 Å². The molecule has 2 aromatic carbocycles.